The number of imidazole rings is 1. The fourth-order valence-corrected chi connectivity index (χ4v) is 1.47. The average Bonchev–Trinajstić information content (AvgIpc) is 2.86. The van der Waals surface area contributed by atoms with Crippen LogP contribution >= 0.6 is 0 Å². The third-order valence-electron chi connectivity index (χ3n) is 2.32. The maximum atomic E-state index is 5.15. The van der Waals surface area contributed by atoms with Crippen molar-refractivity contribution in [1.82, 2.24) is 25.0 Å². The largest absolute Gasteiger partial charge is 0.337 e. The Balaban J connectivity index is 1.99. The van der Waals surface area contributed by atoms with Crippen LogP contribution < -0.4 is 5.32 Å². The van der Waals surface area contributed by atoms with E-state index in [0.29, 0.717) is 30.0 Å². The lowest BCUT2D eigenvalue weighted by atomic mass is 10.2. The van der Waals surface area contributed by atoms with Crippen LogP contribution in [-0.2, 0) is 13.6 Å². The molecule has 6 nitrogen and oxygen atoms in total. The van der Waals surface area contributed by atoms with Gasteiger partial charge in [0.15, 0.2) is 5.82 Å². The van der Waals surface area contributed by atoms with E-state index in [4.69, 9.17) is 4.52 Å². The Labute approximate surface area is 100 Å². The number of hydrogen-bond donors (Lipinski definition) is 1. The van der Waals surface area contributed by atoms with Crippen molar-refractivity contribution in [3.8, 4) is 11.6 Å². The molecular formula is C11H17N5O. The highest BCUT2D eigenvalue weighted by Gasteiger charge is 2.11. The molecule has 2 aromatic rings. The molecule has 0 saturated carbocycles. The molecule has 2 aromatic heterocycles. The van der Waals surface area contributed by atoms with Crippen molar-refractivity contribution < 1.29 is 4.52 Å². The topological polar surface area (TPSA) is 68.8 Å². The summed E-state index contributed by atoms with van der Waals surface area (Å²) in [5, 5.41) is 7.16. The Kier molecular flexibility index (Phi) is 3.53. The molecule has 0 radical (unpaired) electrons. The minimum Gasteiger partial charge on any atom is -0.337 e. The first-order chi connectivity index (χ1) is 8.16. The molecule has 2 heterocycles. The molecule has 6 heteroatoms. The van der Waals surface area contributed by atoms with E-state index in [0.717, 1.165) is 6.54 Å². The number of hydrogen-bond acceptors (Lipinski definition) is 5. The average molecular weight is 235 g/mol. The molecule has 17 heavy (non-hydrogen) atoms. The molecule has 2 rings (SSSR count). The molecule has 0 atom stereocenters. The van der Waals surface area contributed by atoms with Crippen LogP contribution in [0.4, 0.5) is 0 Å². The van der Waals surface area contributed by atoms with Gasteiger partial charge < -0.3 is 14.4 Å². The summed E-state index contributed by atoms with van der Waals surface area (Å²) in [7, 11) is 1.90. The van der Waals surface area contributed by atoms with Crippen LogP contribution in [0.15, 0.2) is 16.9 Å². The molecule has 0 amide bonds. The molecule has 0 spiro atoms. The molecule has 0 aromatic carbocycles. The van der Waals surface area contributed by atoms with Gasteiger partial charge in [0.25, 0.3) is 0 Å². The van der Waals surface area contributed by atoms with E-state index >= 15 is 0 Å². The van der Waals surface area contributed by atoms with Crippen LogP contribution in [0.3, 0.4) is 0 Å². The van der Waals surface area contributed by atoms with Crippen LogP contribution in [0.1, 0.15) is 19.7 Å². The maximum absolute atomic E-state index is 5.15. The molecule has 0 fully saturated rings. The number of aryl methyl sites for hydroxylation is 1. The summed E-state index contributed by atoms with van der Waals surface area (Å²) < 4.78 is 7.01. The molecule has 0 aliphatic heterocycles. The zero-order valence-corrected chi connectivity index (χ0v) is 10.3. The highest BCUT2D eigenvalue weighted by atomic mass is 16.5. The first-order valence-corrected chi connectivity index (χ1v) is 5.68. The summed E-state index contributed by atoms with van der Waals surface area (Å²) in [6.07, 6.45) is 3.56. The summed E-state index contributed by atoms with van der Waals surface area (Å²) in [6.45, 7) is 5.83. The van der Waals surface area contributed by atoms with Gasteiger partial charge in [0, 0.05) is 19.4 Å². The van der Waals surface area contributed by atoms with Crippen LogP contribution in [0.25, 0.3) is 11.6 Å². The minimum absolute atomic E-state index is 0.527. The summed E-state index contributed by atoms with van der Waals surface area (Å²) in [5.41, 5.74) is 0. The lowest BCUT2D eigenvalue weighted by Crippen LogP contribution is -2.19. The van der Waals surface area contributed by atoms with Gasteiger partial charge in [0.05, 0.1) is 6.54 Å². The van der Waals surface area contributed by atoms with Gasteiger partial charge in [0.1, 0.15) is 0 Å². The van der Waals surface area contributed by atoms with Crippen molar-refractivity contribution in [2.75, 3.05) is 6.54 Å². The normalized spacial score (nSPS) is 11.3. The maximum Gasteiger partial charge on any atom is 0.241 e. The molecule has 1 N–H and O–H groups in total. The monoisotopic (exact) mass is 235 g/mol. The van der Waals surface area contributed by atoms with E-state index in [-0.39, 0.29) is 0 Å². The SMILES string of the molecule is CC(C)CNCc1nc(-c2nccn2C)no1. The van der Waals surface area contributed by atoms with Crippen LogP contribution in [0.5, 0.6) is 0 Å². The standard InChI is InChI=1S/C11H17N5O/c1-8(2)6-12-7-9-14-10(15-17-9)11-13-4-5-16(11)3/h4-5,8,12H,6-7H2,1-3H3. The second-order valence-electron chi connectivity index (χ2n) is 4.40. The van der Waals surface area contributed by atoms with Gasteiger partial charge in [-0.15, -0.1) is 0 Å². The summed E-state index contributed by atoms with van der Waals surface area (Å²) in [5.74, 6) is 2.43. The Bertz CT molecular complexity index is 474. The van der Waals surface area contributed by atoms with E-state index in [9.17, 15) is 0 Å². The van der Waals surface area contributed by atoms with Gasteiger partial charge in [-0.2, -0.15) is 4.98 Å². The quantitative estimate of drug-likeness (QED) is 0.843. The van der Waals surface area contributed by atoms with Crippen LogP contribution in [-0.4, -0.2) is 26.2 Å². The summed E-state index contributed by atoms with van der Waals surface area (Å²) >= 11 is 0. The van der Waals surface area contributed by atoms with Crippen LogP contribution in [0.2, 0.25) is 0 Å². The molecule has 0 bridgehead atoms. The van der Waals surface area contributed by atoms with Crippen molar-refractivity contribution in [1.29, 1.82) is 0 Å². The lowest BCUT2D eigenvalue weighted by Gasteiger charge is -2.03. The van der Waals surface area contributed by atoms with Crippen molar-refractivity contribution in [3.63, 3.8) is 0 Å². The van der Waals surface area contributed by atoms with E-state index in [1.54, 1.807) is 6.20 Å². The van der Waals surface area contributed by atoms with Gasteiger partial charge in [-0.25, -0.2) is 4.98 Å². The third kappa shape index (κ3) is 2.91. The predicted molar refractivity (Wildman–Crippen MR) is 63.0 cm³/mol. The zero-order chi connectivity index (χ0) is 12.3. The van der Waals surface area contributed by atoms with E-state index in [1.165, 1.54) is 0 Å². The van der Waals surface area contributed by atoms with Gasteiger partial charge >= 0.3 is 0 Å². The number of nitrogens with zero attached hydrogens (tertiary/aromatic N) is 4. The van der Waals surface area contributed by atoms with Crippen molar-refractivity contribution in [2.45, 2.75) is 20.4 Å². The molecule has 0 unspecified atom stereocenters. The third-order valence-corrected chi connectivity index (χ3v) is 2.32. The number of aromatic nitrogens is 4. The van der Waals surface area contributed by atoms with E-state index in [2.05, 4.69) is 34.3 Å². The van der Waals surface area contributed by atoms with Crippen LogP contribution in [0, 0.1) is 5.92 Å². The molecule has 92 valence electrons. The molecule has 0 saturated heterocycles. The first-order valence-electron chi connectivity index (χ1n) is 5.68. The van der Waals surface area contributed by atoms with E-state index < -0.39 is 0 Å². The predicted octanol–water partition coefficient (Wildman–Crippen LogP) is 1.22. The molecule has 0 aliphatic rings. The highest BCUT2D eigenvalue weighted by molar-refractivity contribution is 5.42. The Hall–Kier alpha value is -1.69. The number of nitrogens with one attached hydrogen (secondary N) is 1. The van der Waals surface area contributed by atoms with Gasteiger partial charge in [-0.05, 0) is 12.5 Å². The van der Waals surface area contributed by atoms with Gasteiger partial charge in [-0.1, -0.05) is 19.0 Å². The molecular weight excluding hydrogens is 218 g/mol. The Morgan fingerprint density at radius 3 is 2.94 bits per heavy atom. The fourth-order valence-electron chi connectivity index (χ4n) is 1.47. The second kappa shape index (κ2) is 5.09. The fraction of sp³-hybridized carbons (Fsp3) is 0.545. The molecule has 0 aliphatic carbocycles. The van der Waals surface area contributed by atoms with E-state index in [1.807, 2.05) is 17.8 Å². The van der Waals surface area contributed by atoms with Crippen molar-refractivity contribution >= 4 is 0 Å². The minimum atomic E-state index is 0.527. The summed E-state index contributed by atoms with van der Waals surface area (Å²) in [6, 6.07) is 0. The zero-order valence-electron chi connectivity index (χ0n) is 10.3. The first kappa shape index (κ1) is 11.8. The smallest absolute Gasteiger partial charge is 0.241 e. The Morgan fingerprint density at radius 1 is 1.47 bits per heavy atom. The second-order valence-corrected chi connectivity index (χ2v) is 4.40. The summed E-state index contributed by atoms with van der Waals surface area (Å²) in [4.78, 5) is 8.45. The highest BCUT2D eigenvalue weighted by Crippen LogP contribution is 2.11. The van der Waals surface area contributed by atoms with Crippen molar-refractivity contribution in [2.24, 2.45) is 13.0 Å². The van der Waals surface area contributed by atoms with Crippen molar-refractivity contribution in [3.05, 3.63) is 18.3 Å². The van der Waals surface area contributed by atoms with Gasteiger partial charge in [-0.3, -0.25) is 0 Å². The van der Waals surface area contributed by atoms with Gasteiger partial charge in [0.2, 0.25) is 11.7 Å². The Morgan fingerprint density at radius 2 is 2.29 bits per heavy atom. The number of rotatable bonds is 5. The lowest BCUT2D eigenvalue weighted by molar-refractivity contribution is 0.363.